The predicted molar refractivity (Wildman–Crippen MR) is 179 cm³/mol. The van der Waals surface area contributed by atoms with E-state index in [0.717, 1.165) is 48.3 Å². The topological polar surface area (TPSA) is 29.5 Å². The molecule has 1 aliphatic carbocycles. The first kappa shape index (κ1) is 32.8. The minimum atomic E-state index is 0.383. The molecule has 1 saturated carbocycles. The average molecular weight is 557 g/mol. The number of benzene rings is 2. The van der Waals surface area contributed by atoms with Gasteiger partial charge in [0.1, 0.15) is 11.5 Å². The van der Waals surface area contributed by atoms with Crippen molar-refractivity contribution in [3.63, 3.8) is 0 Å². The van der Waals surface area contributed by atoms with Crippen LogP contribution in [0.4, 0.5) is 0 Å². The first-order valence-electron chi connectivity index (χ1n) is 16.5. The number of phenols is 1. The van der Waals surface area contributed by atoms with Crippen LogP contribution in [-0.4, -0.2) is 11.7 Å². The maximum absolute atomic E-state index is 11.6. The second-order valence-electron chi connectivity index (χ2n) is 12.3. The quantitative estimate of drug-likeness (QED) is 0.155. The number of rotatable bonds is 17. The SMILES string of the molecule is C=CC(/C=C(\C)CCCCC/C=C(/CCC)c1cc(C)cc(-c2ccccc2OCC2CCCCC2)c1O)CCC. The second-order valence-corrected chi connectivity index (χ2v) is 12.3. The molecule has 224 valence electrons. The van der Waals surface area contributed by atoms with Crippen LogP contribution in [0.3, 0.4) is 0 Å². The fourth-order valence-electron chi connectivity index (χ4n) is 6.27. The first-order valence-corrected chi connectivity index (χ1v) is 16.5. The van der Waals surface area contributed by atoms with Crippen LogP contribution in [0.5, 0.6) is 11.5 Å². The number of allylic oxidation sites excluding steroid dienone is 5. The summed E-state index contributed by atoms with van der Waals surface area (Å²) in [4.78, 5) is 0. The second kappa shape index (κ2) is 17.9. The van der Waals surface area contributed by atoms with Gasteiger partial charge in [0.2, 0.25) is 0 Å². The van der Waals surface area contributed by atoms with Crippen LogP contribution in [-0.2, 0) is 0 Å². The van der Waals surface area contributed by atoms with Gasteiger partial charge in [-0.2, -0.15) is 0 Å². The van der Waals surface area contributed by atoms with Gasteiger partial charge in [-0.05, 0) is 106 Å². The van der Waals surface area contributed by atoms with E-state index >= 15 is 0 Å². The molecule has 1 atom stereocenters. The summed E-state index contributed by atoms with van der Waals surface area (Å²) in [7, 11) is 0. The third-order valence-corrected chi connectivity index (χ3v) is 8.59. The van der Waals surface area contributed by atoms with Crippen LogP contribution in [0.25, 0.3) is 16.7 Å². The fraction of sp³-hybridized carbons (Fsp3) is 0.538. The zero-order valence-corrected chi connectivity index (χ0v) is 26.5. The number of hydrogen-bond donors (Lipinski definition) is 1. The Morgan fingerprint density at radius 1 is 1.00 bits per heavy atom. The lowest BCUT2D eigenvalue weighted by atomic mass is 9.90. The highest BCUT2D eigenvalue weighted by Crippen LogP contribution is 2.42. The fourth-order valence-corrected chi connectivity index (χ4v) is 6.27. The van der Waals surface area contributed by atoms with E-state index in [1.165, 1.54) is 87.3 Å². The average Bonchev–Trinajstić information content (AvgIpc) is 2.98. The number of para-hydroxylation sites is 1. The van der Waals surface area contributed by atoms with E-state index in [-0.39, 0.29) is 0 Å². The van der Waals surface area contributed by atoms with Crippen LogP contribution in [0.1, 0.15) is 122 Å². The summed E-state index contributed by atoms with van der Waals surface area (Å²) in [6, 6.07) is 12.5. The summed E-state index contributed by atoms with van der Waals surface area (Å²) in [5.74, 6) is 2.42. The maximum Gasteiger partial charge on any atom is 0.131 e. The van der Waals surface area contributed by atoms with Crippen molar-refractivity contribution in [2.75, 3.05) is 6.61 Å². The number of aryl methyl sites for hydroxylation is 1. The normalized spacial score (nSPS) is 15.6. The van der Waals surface area contributed by atoms with E-state index in [9.17, 15) is 5.11 Å². The van der Waals surface area contributed by atoms with Crippen LogP contribution >= 0.6 is 0 Å². The van der Waals surface area contributed by atoms with Gasteiger partial charge in [0, 0.05) is 16.7 Å². The minimum Gasteiger partial charge on any atom is -0.507 e. The molecule has 1 fully saturated rings. The highest BCUT2D eigenvalue weighted by Gasteiger charge is 2.19. The van der Waals surface area contributed by atoms with Gasteiger partial charge in [-0.15, -0.1) is 6.58 Å². The molecular formula is C39H56O2. The third kappa shape index (κ3) is 10.6. The molecule has 3 rings (SSSR count). The molecule has 0 radical (unpaired) electrons. The van der Waals surface area contributed by atoms with Gasteiger partial charge in [0.25, 0.3) is 0 Å². The van der Waals surface area contributed by atoms with Gasteiger partial charge >= 0.3 is 0 Å². The van der Waals surface area contributed by atoms with Crippen molar-refractivity contribution in [1.82, 2.24) is 0 Å². The lowest BCUT2D eigenvalue weighted by Crippen LogP contribution is -2.15. The molecule has 0 aliphatic heterocycles. The van der Waals surface area contributed by atoms with E-state index in [4.69, 9.17) is 4.74 Å². The summed E-state index contributed by atoms with van der Waals surface area (Å²) in [5, 5.41) is 11.6. The molecule has 2 aromatic rings. The number of hydrogen-bond acceptors (Lipinski definition) is 2. The Hall–Kier alpha value is -2.74. The zero-order valence-electron chi connectivity index (χ0n) is 26.5. The molecular weight excluding hydrogens is 500 g/mol. The van der Waals surface area contributed by atoms with Gasteiger partial charge in [0.15, 0.2) is 0 Å². The Morgan fingerprint density at radius 3 is 2.51 bits per heavy atom. The van der Waals surface area contributed by atoms with E-state index in [0.29, 0.717) is 17.6 Å². The summed E-state index contributed by atoms with van der Waals surface area (Å²) in [6.07, 6.45) is 23.7. The number of ether oxygens (including phenoxy) is 1. The Morgan fingerprint density at radius 2 is 1.78 bits per heavy atom. The number of phenolic OH excluding ortho intramolecular Hbond substituents is 1. The molecule has 2 nitrogen and oxygen atoms in total. The van der Waals surface area contributed by atoms with E-state index in [1.807, 2.05) is 12.1 Å². The number of unbranched alkanes of at least 4 members (excludes halogenated alkanes) is 3. The molecule has 0 bridgehead atoms. The smallest absolute Gasteiger partial charge is 0.131 e. The molecule has 41 heavy (non-hydrogen) atoms. The Labute approximate surface area is 251 Å². The van der Waals surface area contributed by atoms with Crippen molar-refractivity contribution in [1.29, 1.82) is 0 Å². The van der Waals surface area contributed by atoms with Gasteiger partial charge in [0.05, 0.1) is 6.61 Å². The summed E-state index contributed by atoms with van der Waals surface area (Å²) in [6.45, 7) is 13.6. The van der Waals surface area contributed by atoms with Crippen LogP contribution < -0.4 is 4.74 Å². The van der Waals surface area contributed by atoms with Gasteiger partial charge in [-0.3, -0.25) is 0 Å². The Balaban J connectivity index is 1.69. The van der Waals surface area contributed by atoms with Crippen molar-refractivity contribution in [2.24, 2.45) is 11.8 Å². The highest BCUT2D eigenvalue weighted by molar-refractivity contribution is 5.83. The monoisotopic (exact) mass is 556 g/mol. The summed E-state index contributed by atoms with van der Waals surface area (Å²) >= 11 is 0. The predicted octanol–water partition coefficient (Wildman–Crippen LogP) is 12.0. The molecule has 0 spiro atoms. The van der Waals surface area contributed by atoms with Crippen LogP contribution in [0.2, 0.25) is 0 Å². The molecule has 2 heteroatoms. The Bertz CT molecular complexity index is 1130. The van der Waals surface area contributed by atoms with E-state index in [1.54, 1.807) is 0 Å². The largest absolute Gasteiger partial charge is 0.507 e. The standard InChI is InChI=1S/C39H56O2/c1-6-18-32(8-3)26-30(4)20-12-9-10-15-23-34(19-7-2)36-27-31(5)28-37(39(36)40)35-24-16-17-25-38(35)41-29-33-21-13-11-14-22-33/h8,16-17,23-28,32-33,40H,3,6-7,9-15,18-22,29H2,1-2,4-5H3/b30-26+,34-23-. The molecule has 1 aliphatic rings. The van der Waals surface area contributed by atoms with Crippen molar-refractivity contribution in [3.8, 4) is 22.6 Å². The van der Waals surface area contributed by atoms with Crippen LogP contribution in [0.15, 0.2) is 66.8 Å². The first-order chi connectivity index (χ1) is 20.0. The molecule has 2 aromatic carbocycles. The summed E-state index contributed by atoms with van der Waals surface area (Å²) < 4.78 is 6.40. The van der Waals surface area contributed by atoms with Crippen molar-refractivity contribution in [3.05, 3.63) is 77.9 Å². The third-order valence-electron chi connectivity index (χ3n) is 8.59. The van der Waals surface area contributed by atoms with E-state index < -0.39 is 0 Å². The van der Waals surface area contributed by atoms with Crippen molar-refractivity contribution in [2.45, 2.75) is 118 Å². The molecule has 0 saturated heterocycles. The highest BCUT2D eigenvalue weighted by atomic mass is 16.5. The minimum absolute atomic E-state index is 0.383. The lowest BCUT2D eigenvalue weighted by molar-refractivity contribution is 0.209. The zero-order chi connectivity index (χ0) is 29.5. The van der Waals surface area contributed by atoms with Gasteiger partial charge < -0.3 is 9.84 Å². The molecule has 0 aromatic heterocycles. The van der Waals surface area contributed by atoms with E-state index in [2.05, 4.69) is 76.8 Å². The molecule has 1 unspecified atom stereocenters. The van der Waals surface area contributed by atoms with Gasteiger partial charge in [-0.25, -0.2) is 0 Å². The lowest BCUT2D eigenvalue weighted by Gasteiger charge is -2.23. The van der Waals surface area contributed by atoms with Gasteiger partial charge in [-0.1, -0.05) is 94.4 Å². The van der Waals surface area contributed by atoms with Crippen LogP contribution in [0, 0.1) is 18.8 Å². The van der Waals surface area contributed by atoms with Crippen molar-refractivity contribution >= 4 is 5.57 Å². The number of aromatic hydroxyl groups is 1. The summed E-state index contributed by atoms with van der Waals surface area (Å²) in [5.41, 5.74) is 6.77. The molecule has 1 N–H and O–H groups in total. The molecule has 0 heterocycles. The van der Waals surface area contributed by atoms with Crippen molar-refractivity contribution < 1.29 is 9.84 Å². The maximum atomic E-state index is 11.6. The Kier molecular flexibility index (Phi) is 14.3. The molecule has 0 amide bonds.